The first-order valence-electron chi connectivity index (χ1n) is 12.0. The van der Waals surface area contributed by atoms with E-state index in [1.54, 1.807) is 6.20 Å². The second kappa shape index (κ2) is 9.83. The van der Waals surface area contributed by atoms with E-state index in [1.165, 1.54) is 32.1 Å². The summed E-state index contributed by atoms with van der Waals surface area (Å²) < 4.78 is 0. The van der Waals surface area contributed by atoms with Gasteiger partial charge in [-0.15, -0.1) is 0 Å². The lowest BCUT2D eigenvalue weighted by Gasteiger charge is -2.29. The van der Waals surface area contributed by atoms with Crippen LogP contribution in [0.5, 0.6) is 0 Å². The fourth-order valence-corrected chi connectivity index (χ4v) is 4.94. The Morgan fingerprint density at radius 3 is 2.67 bits per heavy atom. The maximum Gasteiger partial charge on any atom is 0.306 e. The van der Waals surface area contributed by atoms with Gasteiger partial charge in [-0.05, 0) is 63.0 Å². The predicted octanol–water partition coefficient (Wildman–Crippen LogP) is 4.74. The van der Waals surface area contributed by atoms with Gasteiger partial charge in [0.1, 0.15) is 5.82 Å². The number of rotatable bonds is 6. The minimum atomic E-state index is -0.693. The first-order valence-corrected chi connectivity index (χ1v) is 12.0. The average Bonchev–Trinajstić information content (AvgIpc) is 2.85. The fourth-order valence-electron chi connectivity index (χ4n) is 4.94. The summed E-state index contributed by atoms with van der Waals surface area (Å²) in [6.45, 7) is 3.52. The van der Waals surface area contributed by atoms with Crippen LogP contribution in [-0.2, 0) is 4.79 Å². The van der Waals surface area contributed by atoms with Gasteiger partial charge >= 0.3 is 5.97 Å². The van der Waals surface area contributed by atoms with Crippen molar-refractivity contribution < 1.29 is 9.90 Å². The van der Waals surface area contributed by atoms with Crippen LogP contribution >= 0.6 is 0 Å². The molecular formula is C26H30N5O2. The highest BCUT2D eigenvalue weighted by Crippen LogP contribution is 2.29. The molecule has 1 saturated heterocycles. The molecule has 1 aliphatic heterocycles. The van der Waals surface area contributed by atoms with Crippen LogP contribution in [0.15, 0.2) is 42.9 Å². The average molecular weight is 445 g/mol. The van der Waals surface area contributed by atoms with Crippen LogP contribution in [0.1, 0.15) is 50.6 Å². The van der Waals surface area contributed by atoms with Gasteiger partial charge in [-0.25, -0.2) is 4.98 Å². The number of pyridine rings is 3. The third kappa shape index (κ3) is 5.14. The number of piperidine rings is 1. The zero-order chi connectivity index (χ0) is 22.6. The van der Waals surface area contributed by atoms with E-state index in [1.807, 2.05) is 24.5 Å². The second-order valence-electron chi connectivity index (χ2n) is 9.18. The molecular weight excluding hydrogens is 414 g/mol. The first kappa shape index (κ1) is 21.8. The van der Waals surface area contributed by atoms with Gasteiger partial charge in [-0.3, -0.25) is 19.7 Å². The number of anilines is 1. The number of aromatic nitrogens is 3. The van der Waals surface area contributed by atoms with E-state index in [9.17, 15) is 9.90 Å². The van der Waals surface area contributed by atoms with Gasteiger partial charge in [0.15, 0.2) is 0 Å². The fraction of sp³-hybridized carbons (Fsp3) is 0.423. The number of aliphatic carboxylic acids is 1. The van der Waals surface area contributed by atoms with Crippen molar-refractivity contribution in [1.29, 1.82) is 0 Å². The van der Waals surface area contributed by atoms with Crippen LogP contribution in [0.4, 0.5) is 5.82 Å². The lowest BCUT2D eigenvalue weighted by atomic mass is 9.95. The Morgan fingerprint density at radius 1 is 1.06 bits per heavy atom. The molecule has 1 radical (unpaired) electrons. The summed E-state index contributed by atoms with van der Waals surface area (Å²) in [4.78, 5) is 27.3. The highest BCUT2D eigenvalue weighted by Gasteiger charge is 2.25. The Kier molecular flexibility index (Phi) is 6.48. The van der Waals surface area contributed by atoms with Crippen LogP contribution in [0.25, 0.3) is 22.0 Å². The van der Waals surface area contributed by atoms with Crippen LogP contribution in [0.3, 0.4) is 0 Å². The molecule has 33 heavy (non-hydrogen) atoms. The summed E-state index contributed by atoms with van der Waals surface area (Å²) in [5, 5.41) is 15.0. The Labute approximate surface area is 194 Å². The molecule has 4 heterocycles. The van der Waals surface area contributed by atoms with E-state index >= 15 is 0 Å². The Morgan fingerprint density at radius 2 is 1.88 bits per heavy atom. The van der Waals surface area contributed by atoms with Crippen molar-refractivity contribution in [3.05, 3.63) is 55.1 Å². The molecule has 1 saturated carbocycles. The van der Waals surface area contributed by atoms with E-state index in [0.717, 1.165) is 46.6 Å². The molecule has 7 nitrogen and oxygen atoms in total. The molecule has 3 aromatic heterocycles. The largest absolute Gasteiger partial charge is 0.481 e. The standard InChI is InChI=1S/C26H30N5O2/c32-26(33)18-8-12-31(13-9-18)17-24-22-7-10-27-16-20(22)14-23(30-24)19-6-11-28-25(15-19)29-21-4-2-1-3-5-21/h6-7,10-11,14-18,21H,1-5,8-9,12-13H2,(H,28,29)(H,32,33). The van der Waals surface area contributed by atoms with Crippen LogP contribution < -0.4 is 5.32 Å². The number of fused-ring (bicyclic) bond motifs is 1. The number of nitrogens with one attached hydrogen (secondary N) is 1. The molecule has 7 heteroatoms. The third-order valence-corrected chi connectivity index (χ3v) is 6.86. The van der Waals surface area contributed by atoms with E-state index in [4.69, 9.17) is 4.98 Å². The van der Waals surface area contributed by atoms with Crippen molar-refractivity contribution in [3.8, 4) is 11.3 Å². The van der Waals surface area contributed by atoms with Gasteiger partial charge in [-0.1, -0.05) is 19.3 Å². The Bertz CT molecular complexity index is 1120. The molecule has 3 aromatic rings. The molecule has 0 bridgehead atoms. The topological polar surface area (TPSA) is 91.2 Å². The van der Waals surface area contributed by atoms with E-state index in [-0.39, 0.29) is 5.92 Å². The molecule has 0 unspecified atom stereocenters. The van der Waals surface area contributed by atoms with Crippen molar-refractivity contribution >= 4 is 22.6 Å². The lowest BCUT2D eigenvalue weighted by molar-refractivity contribution is -0.143. The summed E-state index contributed by atoms with van der Waals surface area (Å²) in [7, 11) is 0. The lowest BCUT2D eigenvalue weighted by Crippen LogP contribution is -2.35. The minimum absolute atomic E-state index is 0.248. The Hall–Kier alpha value is -3.06. The third-order valence-electron chi connectivity index (χ3n) is 6.86. The van der Waals surface area contributed by atoms with E-state index in [2.05, 4.69) is 38.9 Å². The minimum Gasteiger partial charge on any atom is -0.481 e. The van der Waals surface area contributed by atoms with Crippen molar-refractivity contribution in [2.24, 2.45) is 5.92 Å². The summed E-state index contributed by atoms with van der Waals surface area (Å²) >= 11 is 0. The molecule has 5 rings (SSSR count). The highest BCUT2D eigenvalue weighted by molar-refractivity contribution is 5.88. The summed E-state index contributed by atoms with van der Waals surface area (Å²) in [6.07, 6.45) is 13.1. The molecule has 0 aromatic carbocycles. The maximum atomic E-state index is 11.3. The van der Waals surface area contributed by atoms with Crippen molar-refractivity contribution in [2.45, 2.75) is 51.0 Å². The molecule has 0 spiro atoms. The number of carboxylic acid groups (broad SMARTS) is 1. The van der Waals surface area contributed by atoms with Gasteiger partial charge < -0.3 is 10.4 Å². The number of likely N-dealkylation sites (tertiary alicyclic amines) is 1. The molecule has 0 atom stereocenters. The summed E-state index contributed by atoms with van der Waals surface area (Å²) in [5.74, 6) is -0.0443. The predicted molar refractivity (Wildman–Crippen MR) is 129 cm³/mol. The Balaban J connectivity index is 1.40. The first-order chi connectivity index (χ1) is 16.2. The highest BCUT2D eigenvalue weighted by atomic mass is 16.4. The number of hydrogen-bond acceptors (Lipinski definition) is 6. The van der Waals surface area contributed by atoms with Gasteiger partial charge in [0, 0.05) is 41.0 Å². The zero-order valence-corrected chi connectivity index (χ0v) is 18.8. The molecule has 1 aliphatic carbocycles. The smallest absolute Gasteiger partial charge is 0.306 e. The van der Waals surface area contributed by atoms with Crippen LogP contribution in [0, 0.1) is 12.5 Å². The van der Waals surface area contributed by atoms with Gasteiger partial charge in [0.2, 0.25) is 0 Å². The van der Waals surface area contributed by atoms with Gasteiger partial charge in [-0.2, -0.15) is 0 Å². The second-order valence-corrected chi connectivity index (χ2v) is 9.18. The van der Waals surface area contributed by atoms with E-state index in [0.29, 0.717) is 18.9 Å². The number of hydrogen-bond donors (Lipinski definition) is 2. The quantitative estimate of drug-likeness (QED) is 0.567. The van der Waals surface area contributed by atoms with Crippen molar-refractivity contribution in [2.75, 3.05) is 18.4 Å². The molecule has 0 amide bonds. The summed E-state index contributed by atoms with van der Waals surface area (Å²) in [6, 6.07) is 8.65. The maximum absolute atomic E-state index is 11.3. The zero-order valence-electron chi connectivity index (χ0n) is 18.8. The molecule has 2 N–H and O–H groups in total. The number of nitrogens with zero attached hydrogens (tertiary/aromatic N) is 4. The van der Waals surface area contributed by atoms with Crippen molar-refractivity contribution in [3.63, 3.8) is 0 Å². The normalized spacial score (nSPS) is 18.4. The molecule has 171 valence electrons. The SMILES string of the molecule is O=C(O)C1CCN([CH]c2nc(-c3ccnc(NC4CCCCC4)c3)cc3cnccc23)CC1. The van der Waals surface area contributed by atoms with E-state index < -0.39 is 5.97 Å². The van der Waals surface area contributed by atoms with Crippen molar-refractivity contribution in [1.82, 2.24) is 19.9 Å². The molecule has 2 aliphatic rings. The van der Waals surface area contributed by atoms with Crippen LogP contribution in [0.2, 0.25) is 0 Å². The monoisotopic (exact) mass is 444 g/mol. The van der Waals surface area contributed by atoms with Crippen LogP contribution in [-0.4, -0.2) is 50.1 Å². The van der Waals surface area contributed by atoms with Gasteiger partial charge in [0.05, 0.1) is 23.9 Å². The number of carbonyl (C=O) groups is 1. The molecule has 2 fully saturated rings. The number of carboxylic acids is 1. The van der Waals surface area contributed by atoms with Gasteiger partial charge in [0.25, 0.3) is 0 Å². The summed E-state index contributed by atoms with van der Waals surface area (Å²) in [5.41, 5.74) is 2.79.